The minimum absolute atomic E-state index is 0.150. The van der Waals surface area contributed by atoms with E-state index >= 15 is 0 Å². The standard InChI is InChI=1S/C16H15FN2O/c17-15-4-2-1-3-14(15)12-7-13(10-18-9-12)16(20)19-8-11-5-6-11/h1-4,7,9-11H,5-6,8H2,(H,19,20). The molecule has 20 heavy (non-hydrogen) atoms. The van der Waals surface area contributed by atoms with E-state index in [0.29, 0.717) is 29.2 Å². The Morgan fingerprint density at radius 3 is 2.85 bits per heavy atom. The van der Waals surface area contributed by atoms with E-state index in [0.717, 1.165) is 0 Å². The highest BCUT2D eigenvalue weighted by atomic mass is 19.1. The summed E-state index contributed by atoms with van der Waals surface area (Å²) in [6.45, 7) is 0.711. The number of carbonyl (C=O) groups excluding carboxylic acids is 1. The highest BCUT2D eigenvalue weighted by Gasteiger charge is 2.22. The Hall–Kier alpha value is -2.23. The van der Waals surface area contributed by atoms with Gasteiger partial charge in [0.2, 0.25) is 0 Å². The van der Waals surface area contributed by atoms with E-state index in [-0.39, 0.29) is 11.7 Å². The van der Waals surface area contributed by atoms with Gasteiger partial charge in [0.25, 0.3) is 5.91 Å². The number of halogens is 1. The van der Waals surface area contributed by atoms with Crippen LogP contribution in [0.4, 0.5) is 4.39 Å². The number of carbonyl (C=O) groups is 1. The van der Waals surface area contributed by atoms with Crippen molar-refractivity contribution in [1.29, 1.82) is 0 Å². The van der Waals surface area contributed by atoms with Crippen LogP contribution in [0.3, 0.4) is 0 Å². The van der Waals surface area contributed by atoms with Crippen LogP contribution < -0.4 is 5.32 Å². The number of pyridine rings is 1. The molecule has 1 aliphatic carbocycles. The first-order chi connectivity index (χ1) is 9.74. The van der Waals surface area contributed by atoms with Crippen LogP contribution in [-0.2, 0) is 0 Å². The largest absolute Gasteiger partial charge is 0.352 e. The van der Waals surface area contributed by atoms with Gasteiger partial charge in [-0.25, -0.2) is 4.39 Å². The van der Waals surface area contributed by atoms with Crippen molar-refractivity contribution in [1.82, 2.24) is 10.3 Å². The number of hydrogen-bond donors (Lipinski definition) is 1. The topological polar surface area (TPSA) is 42.0 Å². The zero-order valence-corrected chi connectivity index (χ0v) is 11.0. The van der Waals surface area contributed by atoms with Gasteiger partial charge in [-0.15, -0.1) is 0 Å². The molecule has 0 spiro atoms. The summed E-state index contributed by atoms with van der Waals surface area (Å²) >= 11 is 0. The zero-order chi connectivity index (χ0) is 13.9. The van der Waals surface area contributed by atoms with E-state index in [1.165, 1.54) is 25.1 Å². The molecule has 1 N–H and O–H groups in total. The molecule has 1 saturated carbocycles. The lowest BCUT2D eigenvalue weighted by molar-refractivity contribution is 0.0951. The summed E-state index contributed by atoms with van der Waals surface area (Å²) < 4.78 is 13.7. The van der Waals surface area contributed by atoms with Crippen LogP contribution in [0.5, 0.6) is 0 Å². The Morgan fingerprint density at radius 2 is 2.10 bits per heavy atom. The Kier molecular flexibility index (Phi) is 3.46. The van der Waals surface area contributed by atoms with E-state index in [9.17, 15) is 9.18 Å². The Morgan fingerprint density at radius 1 is 1.30 bits per heavy atom. The smallest absolute Gasteiger partial charge is 0.252 e. The van der Waals surface area contributed by atoms with Crippen molar-refractivity contribution in [3.63, 3.8) is 0 Å². The highest BCUT2D eigenvalue weighted by molar-refractivity contribution is 5.95. The molecule has 102 valence electrons. The first kappa shape index (κ1) is 12.8. The van der Waals surface area contributed by atoms with Gasteiger partial charge in [-0.3, -0.25) is 9.78 Å². The Bertz CT molecular complexity index is 638. The van der Waals surface area contributed by atoms with Crippen molar-refractivity contribution >= 4 is 5.91 Å². The van der Waals surface area contributed by atoms with E-state index in [1.54, 1.807) is 30.5 Å². The van der Waals surface area contributed by atoms with Crippen LogP contribution in [-0.4, -0.2) is 17.4 Å². The average Bonchev–Trinajstić information content (AvgIpc) is 3.29. The molecule has 1 fully saturated rings. The van der Waals surface area contributed by atoms with E-state index in [4.69, 9.17) is 0 Å². The summed E-state index contributed by atoms with van der Waals surface area (Å²) in [5, 5.41) is 2.88. The molecular formula is C16H15FN2O. The molecule has 0 bridgehead atoms. The number of amides is 1. The van der Waals surface area contributed by atoms with E-state index < -0.39 is 0 Å². The first-order valence-corrected chi connectivity index (χ1v) is 6.72. The van der Waals surface area contributed by atoms with Gasteiger partial charge in [0.05, 0.1) is 5.56 Å². The first-order valence-electron chi connectivity index (χ1n) is 6.72. The number of benzene rings is 1. The highest BCUT2D eigenvalue weighted by Crippen LogP contribution is 2.27. The van der Waals surface area contributed by atoms with Crippen molar-refractivity contribution in [3.8, 4) is 11.1 Å². The van der Waals surface area contributed by atoms with Crippen LogP contribution in [0.15, 0.2) is 42.7 Å². The van der Waals surface area contributed by atoms with Crippen LogP contribution in [0.25, 0.3) is 11.1 Å². The molecule has 0 radical (unpaired) electrons. The van der Waals surface area contributed by atoms with Gasteiger partial charge >= 0.3 is 0 Å². The third kappa shape index (κ3) is 2.85. The van der Waals surface area contributed by atoms with E-state index in [1.807, 2.05) is 0 Å². The lowest BCUT2D eigenvalue weighted by atomic mass is 10.1. The molecule has 4 heteroatoms. The molecule has 1 amide bonds. The number of hydrogen-bond acceptors (Lipinski definition) is 2. The normalized spacial score (nSPS) is 14.1. The maximum absolute atomic E-state index is 13.7. The van der Waals surface area contributed by atoms with Gasteiger partial charge in [0, 0.05) is 30.1 Å². The molecule has 1 aliphatic rings. The van der Waals surface area contributed by atoms with Crippen molar-refractivity contribution < 1.29 is 9.18 Å². The summed E-state index contributed by atoms with van der Waals surface area (Å²) in [4.78, 5) is 16.0. The lowest BCUT2D eigenvalue weighted by Crippen LogP contribution is -2.25. The second-order valence-electron chi connectivity index (χ2n) is 5.10. The van der Waals surface area contributed by atoms with Gasteiger partial charge in [0.1, 0.15) is 5.82 Å². The van der Waals surface area contributed by atoms with Crippen molar-refractivity contribution in [2.75, 3.05) is 6.54 Å². The summed E-state index contributed by atoms with van der Waals surface area (Å²) in [5.74, 6) is 0.161. The molecular weight excluding hydrogens is 255 g/mol. The second kappa shape index (κ2) is 5.41. The quantitative estimate of drug-likeness (QED) is 0.927. The van der Waals surface area contributed by atoms with Crippen LogP contribution in [0.2, 0.25) is 0 Å². The minimum atomic E-state index is -0.315. The molecule has 3 nitrogen and oxygen atoms in total. The molecule has 3 rings (SSSR count). The van der Waals surface area contributed by atoms with Gasteiger partial charge in [-0.05, 0) is 30.9 Å². The van der Waals surface area contributed by atoms with Gasteiger partial charge in [-0.2, -0.15) is 0 Å². The molecule has 0 unspecified atom stereocenters. The molecule has 1 aromatic heterocycles. The van der Waals surface area contributed by atoms with Crippen molar-refractivity contribution in [2.45, 2.75) is 12.8 Å². The maximum atomic E-state index is 13.7. The number of aromatic nitrogens is 1. The molecule has 2 aromatic rings. The summed E-state index contributed by atoms with van der Waals surface area (Å²) in [7, 11) is 0. The van der Waals surface area contributed by atoms with Crippen LogP contribution in [0.1, 0.15) is 23.2 Å². The van der Waals surface area contributed by atoms with Crippen molar-refractivity contribution in [2.24, 2.45) is 5.92 Å². The lowest BCUT2D eigenvalue weighted by Gasteiger charge is -2.07. The van der Waals surface area contributed by atoms with Crippen LogP contribution >= 0.6 is 0 Å². The average molecular weight is 270 g/mol. The number of rotatable bonds is 4. The van der Waals surface area contributed by atoms with Gasteiger partial charge < -0.3 is 5.32 Å². The number of nitrogens with one attached hydrogen (secondary N) is 1. The fourth-order valence-corrected chi connectivity index (χ4v) is 2.07. The van der Waals surface area contributed by atoms with Crippen LogP contribution in [0, 0.1) is 11.7 Å². The monoisotopic (exact) mass is 270 g/mol. The molecule has 1 heterocycles. The molecule has 0 saturated heterocycles. The molecule has 0 aliphatic heterocycles. The zero-order valence-electron chi connectivity index (χ0n) is 11.0. The second-order valence-corrected chi connectivity index (χ2v) is 5.10. The third-order valence-corrected chi connectivity index (χ3v) is 3.43. The fraction of sp³-hybridized carbons (Fsp3) is 0.250. The molecule has 1 aromatic carbocycles. The predicted molar refractivity (Wildman–Crippen MR) is 74.7 cm³/mol. The Balaban J connectivity index is 1.81. The van der Waals surface area contributed by atoms with Crippen molar-refractivity contribution in [3.05, 3.63) is 54.1 Å². The summed E-state index contributed by atoms with van der Waals surface area (Å²) in [6.07, 6.45) is 5.45. The SMILES string of the molecule is O=C(NCC1CC1)c1cncc(-c2ccccc2F)c1. The maximum Gasteiger partial charge on any atom is 0.252 e. The fourth-order valence-electron chi connectivity index (χ4n) is 2.07. The van der Waals surface area contributed by atoms with Gasteiger partial charge in [0.15, 0.2) is 0 Å². The minimum Gasteiger partial charge on any atom is -0.352 e. The Labute approximate surface area is 116 Å². The third-order valence-electron chi connectivity index (χ3n) is 3.43. The summed E-state index contributed by atoms with van der Waals surface area (Å²) in [6, 6.07) is 8.15. The predicted octanol–water partition coefficient (Wildman–Crippen LogP) is 3.03. The van der Waals surface area contributed by atoms with E-state index in [2.05, 4.69) is 10.3 Å². The number of nitrogens with zero attached hydrogens (tertiary/aromatic N) is 1. The summed E-state index contributed by atoms with van der Waals surface area (Å²) in [5.41, 5.74) is 1.53. The molecule has 0 atom stereocenters. The van der Waals surface area contributed by atoms with Gasteiger partial charge in [-0.1, -0.05) is 18.2 Å².